The Hall–Kier alpha value is -3.61. The van der Waals surface area contributed by atoms with E-state index in [0.29, 0.717) is 5.56 Å². The van der Waals surface area contributed by atoms with Crippen LogP contribution in [-0.2, 0) is 23.9 Å². The number of hydrogen-bond donors (Lipinski definition) is 1. The van der Waals surface area contributed by atoms with Crippen LogP contribution in [0.2, 0.25) is 0 Å². The summed E-state index contributed by atoms with van der Waals surface area (Å²) in [5.74, 6) is -0.806. The summed E-state index contributed by atoms with van der Waals surface area (Å²) < 4.78 is 39.1. The summed E-state index contributed by atoms with van der Waals surface area (Å²) in [6, 6.07) is 19.9. The Balaban J connectivity index is 1.62. The highest BCUT2D eigenvalue weighted by Gasteiger charge is 2.36. The molecule has 1 aliphatic rings. The minimum atomic E-state index is -4.52. The van der Waals surface area contributed by atoms with Crippen molar-refractivity contribution in [3.05, 3.63) is 101 Å². The fourth-order valence-electron chi connectivity index (χ4n) is 3.71. The summed E-state index contributed by atoms with van der Waals surface area (Å²) in [5.41, 5.74) is 1.37. The summed E-state index contributed by atoms with van der Waals surface area (Å²) in [7, 11) is 0. The highest BCUT2D eigenvalue weighted by molar-refractivity contribution is 6.03. The number of alkyl halides is 3. The van der Waals surface area contributed by atoms with E-state index in [4.69, 9.17) is 0 Å². The largest absolute Gasteiger partial charge is 0.416 e. The minimum Gasteiger partial charge on any atom is -0.324 e. The lowest BCUT2D eigenvalue weighted by Gasteiger charge is -2.27. The number of halogens is 3. The Morgan fingerprint density at radius 2 is 1.68 bits per heavy atom. The van der Waals surface area contributed by atoms with Gasteiger partial charge in [0.1, 0.15) is 6.04 Å². The fraction of sp³-hybridized carbons (Fsp3) is 0.167. The predicted octanol–water partition coefficient (Wildman–Crippen LogP) is 4.91. The van der Waals surface area contributed by atoms with E-state index in [0.717, 1.165) is 23.3 Å². The number of rotatable bonds is 5. The van der Waals surface area contributed by atoms with Gasteiger partial charge in [0.25, 0.3) is 5.91 Å². The maximum Gasteiger partial charge on any atom is 0.416 e. The van der Waals surface area contributed by atoms with Crippen LogP contribution in [-0.4, -0.2) is 22.8 Å². The van der Waals surface area contributed by atoms with Gasteiger partial charge < -0.3 is 10.2 Å². The molecule has 0 aromatic heterocycles. The Morgan fingerprint density at radius 3 is 2.39 bits per heavy atom. The lowest BCUT2D eigenvalue weighted by atomic mass is 10.0. The van der Waals surface area contributed by atoms with Gasteiger partial charge in [-0.3, -0.25) is 9.59 Å². The SMILES string of the molecule is O=C(Nc1cccc(C(F)(F)F)c1)[C@@H](Cc1ccccc1)N1Cc2ccccc2C1=O. The van der Waals surface area contributed by atoms with Gasteiger partial charge in [0.05, 0.1) is 5.56 Å². The molecule has 31 heavy (non-hydrogen) atoms. The second kappa shape index (κ2) is 8.26. The number of nitrogens with one attached hydrogen (secondary N) is 1. The number of amides is 2. The molecule has 2 amide bonds. The van der Waals surface area contributed by atoms with E-state index >= 15 is 0 Å². The average Bonchev–Trinajstić information content (AvgIpc) is 3.09. The van der Waals surface area contributed by atoms with Gasteiger partial charge in [0.2, 0.25) is 5.91 Å². The molecule has 0 saturated carbocycles. The van der Waals surface area contributed by atoms with Crippen LogP contribution in [0.5, 0.6) is 0 Å². The van der Waals surface area contributed by atoms with Crippen molar-refractivity contribution < 1.29 is 22.8 Å². The molecule has 7 heteroatoms. The smallest absolute Gasteiger partial charge is 0.324 e. The van der Waals surface area contributed by atoms with Crippen molar-refractivity contribution in [3.8, 4) is 0 Å². The highest BCUT2D eigenvalue weighted by Crippen LogP contribution is 2.31. The van der Waals surface area contributed by atoms with Crippen molar-refractivity contribution in [2.45, 2.75) is 25.2 Å². The number of anilines is 1. The molecule has 0 aliphatic carbocycles. The molecule has 4 nitrogen and oxygen atoms in total. The van der Waals surface area contributed by atoms with E-state index in [9.17, 15) is 22.8 Å². The standard InChI is InChI=1S/C24H19F3N2O2/c25-24(26,27)18-10-6-11-19(14-18)28-22(30)21(13-16-7-2-1-3-8-16)29-15-17-9-4-5-12-20(17)23(29)31/h1-12,14,21H,13,15H2,(H,28,30)/t21-/m1/s1. The van der Waals surface area contributed by atoms with Crippen molar-refractivity contribution in [2.24, 2.45) is 0 Å². The first-order chi connectivity index (χ1) is 14.8. The summed E-state index contributed by atoms with van der Waals surface area (Å²) in [5, 5.41) is 2.57. The zero-order chi connectivity index (χ0) is 22.0. The van der Waals surface area contributed by atoms with Gasteiger partial charge in [0, 0.05) is 24.2 Å². The Morgan fingerprint density at radius 1 is 0.968 bits per heavy atom. The monoisotopic (exact) mass is 424 g/mol. The van der Waals surface area contributed by atoms with Gasteiger partial charge in [-0.25, -0.2) is 0 Å². The second-order valence-electron chi connectivity index (χ2n) is 7.36. The van der Waals surface area contributed by atoms with Crippen LogP contribution in [0.3, 0.4) is 0 Å². The van der Waals surface area contributed by atoms with Crippen LogP contribution in [0.4, 0.5) is 18.9 Å². The van der Waals surface area contributed by atoms with Gasteiger partial charge in [-0.2, -0.15) is 13.2 Å². The maximum atomic E-state index is 13.2. The van der Waals surface area contributed by atoms with Gasteiger partial charge in [-0.1, -0.05) is 54.6 Å². The van der Waals surface area contributed by atoms with E-state index in [1.807, 2.05) is 42.5 Å². The van der Waals surface area contributed by atoms with Gasteiger partial charge >= 0.3 is 6.18 Å². The molecular weight excluding hydrogens is 405 g/mol. The molecule has 0 radical (unpaired) electrons. The summed E-state index contributed by atoms with van der Waals surface area (Å²) in [6.07, 6.45) is -4.28. The molecule has 3 aromatic rings. The average molecular weight is 424 g/mol. The molecule has 0 fully saturated rings. The van der Waals surface area contributed by atoms with Crippen LogP contribution < -0.4 is 5.32 Å². The molecule has 1 heterocycles. The Bertz CT molecular complexity index is 1110. The van der Waals surface area contributed by atoms with Crippen molar-refractivity contribution >= 4 is 17.5 Å². The van der Waals surface area contributed by atoms with Gasteiger partial charge in [-0.05, 0) is 35.4 Å². The first-order valence-corrected chi connectivity index (χ1v) is 9.74. The molecule has 0 bridgehead atoms. The van der Waals surface area contributed by atoms with Crippen molar-refractivity contribution in [3.63, 3.8) is 0 Å². The van der Waals surface area contributed by atoms with E-state index in [1.165, 1.54) is 17.0 Å². The Labute approximate surface area is 177 Å². The Kier molecular flexibility index (Phi) is 5.50. The lowest BCUT2D eigenvalue weighted by molar-refractivity contribution is -0.137. The van der Waals surface area contributed by atoms with E-state index in [1.54, 1.807) is 12.1 Å². The molecule has 0 spiro atoms. The van der Waals surface area contributed by atoms with Crippen LogP contribution in [0, 0.1) is 0 Å². The molecule has 158 valence electrons. The van der Waals surface area contributed by atoms with Gasteiger partial charge in [0.15, 0.2) is 0 Å². The quantitative estimate of drug-likeness (QED) is 0.633. The number of fused-ring (bicyclic) bond motifs is 1. The summed E-state index contributed by atoms with van der Waals surface area (Å²) >= 11 is 0. The molecule has 4 rings (SSSR count). The minimum absolute atomic E-state index is 0.0297. The van der Waals surface area contributed by atoms with Crippen molar-refractivity contribution in [2.75, 3.05) is 5.32 Å². The van der Waals surface area contributed by atoms with E-state index < -0.39 is 23.7 Å². The number of hydrogen-bond acceptors (Lipinski definition) is 2. The third-order valence-electron chi connectivity index (χ3n) is 5.26. The van der Waals surface area contributed by atoms with Crippen LogP contribution in [0.1, 0.15) is 27.0 Å². The zero-order valence-corrected chi connectivity index (χ0v) is 16.4. The van der Waals surface area contributed by atoms with E-state index in [2.05, 4.69) is 5.32 Å². The predicted molar refractivity (Wildman–Crippen MR) is 110 cm³/mol. The van der Waals surface area contributed by atoms with E-state index in [-0.39, 0.29) is 24.6 Å². The molecule has 0 unspecified atom stereocenters. The zero-order valence-electron chi connectivity index (χ0n) is 16.4. The number of carbonyl (C=O) groups excluding carboxylic acids is 2. The molecule has 0 saturated heterocycles. The molecule has 1 N–H and O–H groups in total. The van der Waals surface area contributed by atoms with Crippen molar-refractivity contribution in [1.29, 1.82) is 0 Å². The summed E-state index contributed by atoms with van der Waals surface area (Å²) in [6.45, 7) is 0.266. The second-order valence-corrected chi connectivity index (χ2v) is 7.36. The van der Waals surface area contributed by atoms with Gasteiger partial charge in [-0.15, -0.1) is 0 Å². The first kappa shape index (κ1) is 20.7. The highest BCUT2D eigenvalue weighted by atomic mass is 19.4. The lowest BCUT2D eigenvalue weighted by Crippen LogP contribution is -2.45. The maximum absolute atomic E-state index is 13.2. The molecule has 1 atom stereocenters. The van der Waals surface area contributed by atoms with Crippen molar-refractivity contribution in [1.82, 2.24) is 4.90 Å². The summed E-state index contributed by atoms with van der Waals surface area (Å²) in [4.78, 5) is 27.6. The van der Waals surface area contributed by atoms with Crippen LogP contribution in [0.25, 0.3) is 0 Å². The first-order valence-electron chi connectivity index (χ1n) is 9.74. The molecular formula is C24H19F3N2O2. The third kappa shape index (κ3) is 4.45. The normalized spacial score (nSPS) is 14.3. The number of nitrogens with zero attached hydrogens (tertiary/aromatic N) is 1. The molecule has 3 aromatic carbocycles. The topological polar surface area (TPSA) is 49.4 Å². The molecule has 1 aliphatic heterocycles. The third-order valence-corrected chi connectivity index (χ3v) is 5.26. The fourth-order valence-corrected chi connectivity index (χ4v) is 3.71. The van der Waals surface area contributed by atoms with Crippen LogP contribution >= 0.6 is 0 Å². The van der Waals surface area contributed by atoms with Crippen LogP contribution in [0.15, 0.2) is 78.9 Å². The number of benzene rings is 3. The number of carbonyl (C=O) groups is 2.